The summed E-state index contributed by atoms with van der Waals surface area (Å²) in [5.74, 6) is 1.77. The molecule has 0 aliphatic rings. The smallest absolute Gasteiger partial charge is 0.159 e. The van der Waals surface area contributed by atoms with Crippen LogP contribution >= 0.6 is 11.6 Å². The van der Waals surface area contributed by atoms with Crippen LogP contribution in [0.25, 0.3) is 0 Å². The Labute approximate surface area is 177 Å². The van der Waals surface area contributed by atoms with Crippen LogP contribution in [0.5, 0.6) is 11.5 Å². The van der Waals surface area contributed by atoms with Gasteiger partial charge in [-0.05, 0) is 54.6 Å². The van der Waals surface area contributed by atoms with E-state index >= 15 is 0 Å². The number of nitrogens with one attached hydrogen (secondary N) is 2. The average molecular weight is 422 g/mol. The third-order valence-corrected chi connectivity index (χ3v) is 4.45. The number of rotatable bonds is 6. The quantitative estimate of drug-likeness (QED) is 0.347. The molecular formula is C22H17ClFN5O. The Morgan fingerprint density at radius 2 is 1.40 bits per heavy atom. The zero-order valence-corrected chi connectivity index (χ0v) is 16.4. The summed E-state index contributed by atoms with van der Waals surface area (Å²) in [6, 6.07) is 21.2. The van der Waals surface area contributed by atoms with Crippen molar-refractivity contribution < 1.29 is 9.13 Å². The summed E-state index contributed by atoms with van der Waals surface area (Å²) in [5.41, 5.74) is 7.84. The summed E-state index contributed by atoms with van der Waals surface area (Å²) < 4.78 is 19.1. The molecule has 150 valence electrons. The SMILES string of the molecule is Nc1c(Nc2ccc(Oc3ccccc3)cc2)ncnc1Nc1ccc(F)c(Cl)c1. The van der Waals surface area contributed by atoms with Gasteiger partial charge in [0.05, 0.1) is 5.02 Å². The largest absolute Gasteiger partial charge is 0.457 e. The van der Waals surface area contributed by atoms with E-state index in [4.69, 9.17) is 22.1 Å². The van der Waals surface area contributed by atoms with E-state index in [1.54, 1.807) is 6.07 Å². The molecule has 0 bridgehead atoms. The Bertz CT molecular complexity index is 1160. The van der Waals surface area contributed by atoms with Crippen LogP contribution in [0, 0.1) is 5.82 Å². The highest BCUT2D eigenvalue weighted by atomic mass is 35.5. The number of nitrogens with two attached hydrogens (primary N) is 1. The first-order valence-electron chi connectivity index (χ1n) is 9.01. The van der Waals surface area contributed by atoms with E-state index < -0.39 is 5.82 Å². The Morgan fingerprint density at radius 1 is 0.800 bits per heavy atom. The van der Waals surface area contributed by atoms with Gasteiger partial charge in [0.2, 0.25) is 0 Å². The van der Waals surface area contributed by atoms with Gasteiger partial charge in [0.15, 0.2) is 11.6 Å². The molecule has 0 saturated heterocycles. The summed E-state index contributed by atoms with van der Waals surface area (Å²) in [5, 5.41) is 6.17. The second-order valence-corrected chi connectivity index (χ2v) is 6.71. The van der Waals surface area contributed by atoms with Crippen LogP contribution in [-0.4, -0.2) is 9.97 Å². The number of para-hydroxylation sites is 1. The summed E-state index contributed by atoms with van der Waals surface area (Å²) in [6.45, 7) is 0. The van der Waals surface area contributed by atoms with Gasteiger partial charge in [-0.1, -0.05) is 29.8 Å². The first-order valence-corrected chi connectivity index (χ1v) is 9.39. The molecule has 0 aliphatic carbocycles. The molecule has 0 saturated carbocycles. The number of aromatic nitrogens is 2. The molecule has 4 N–H and O–H groups in total. The average Bonchev–Trinajstić information content (AvgIpc) is 2.76. The molecule has 1 heterocycles. The van der Waals surface area contributed by atoms with E-state index in [1.807, 2.05) is 54.6 Å². The van der Waals surface area contributed by atoms with Gasteiger partial charge in [-0.25, -0.2) is 14.4 Å². The van der Waals surface area contributed by atoms with Gasteiger partial charge < -0.3 is 21.1 Å². The number of hydrogen-bond donors (Lipinski definition) is 3. The van der Waals surface area contributed by atoms with Gasteiger partial charge >= 0.3 is 0 Å². The summed E-state index contributed by atoms with van der Waals surface area (Å²) in [6.07, 6.45) is 1.37. The fraction of sp³-hybridized carbons (Fsp3) is 0. The van der Waals surface area contributed by atoms with Crippen molar-refractivity contribution in [1.29, 1.82) is 0 Å². The second kappa shape index (κ2) is 8.67. The van der Waals surface area contributed by atoms with Crippen LogP contribution in [0.15, 0.2) is 79.1 Å². The molecule has 6 nitrogen and oxygen atoms in total. The van der Waals surface area contributed by atoms with Crippen LogP contribution in [0.4, 0.5) is 33.1 Å². The maximum atomic E-state index is 13.3. The number of anilines is 5. The molecule has 8 heteroatoms. The van der Waals surface area contributed by atoms with Gasteiger partial charge in [-0.15, -0.1) is 0 Å². The Kier molecular flexibility index (Phi) is 5.63. The van der Waals surface area contributed by atoms with Crippen molar-refractivity contribution in [1.82, 2.24) is 9.97 Å². The molecule has 0 fully saturated rings. The molecule has 0 atom stereocenters. The fourth-order valence-electron chi connectivity index (χ4n) is 2.67. The van der Waals surface area contributed by atoms with Gasteiger partial charge in [0, 0.05) is 11.4 Å². The lowest BCUT2D eigenvalue weighted by Gasteiger charge is -2.13. The van der Waals surface area contributed by atoms with E-state index in [1.165, 1.54) is 18.5 Å². The summed E-state index contributed by atoms with van der Waals surface area (Å²) in [4.78, 5) is 8.34. The minimum atomic E-state index is -0.500. The molecule has 0 unspecified atom stereocenters. The highest BCUT2D eigenvalue weighted by Gasteiger charge is 2.10. The zero-order chi connectivity index (χ0) is 20.9. The number of benzene rings is 3. The van der Waals surface area contributed by atoms with Crippen molar-refractivity contribution in [2.24, 2.45) is 0 Å². The third kappa shape index (κ3) is 4.59. The molecule has 0 spiro atoms. The minimum Gasteiger partial charge on any atom is -0.457 e. The van der Waals surface area contributed by atoms with Gasteiger partial charge in [-0.3, -0.25) is 0 Å². The molecule has 1 aromatic heterocycles. The Morgan fingerprint density at radius 3 is 2.07 bits per heavy atom. The van der Waals surface area contributed by atoms with Gasteiger partial charge in [0.1, 0.15) is 29.3 Å². The number of halogens is 2. The number of nitrogen functional groups attached to an aromatic ring is 1. The topological polar surface area (TPSA) is 85.1 Å². The number of ether oxygens (including phenoxy) is 1. The summed E-state index contributed by atoms with van der Waals surface area (Å²) in [7, 11) is 0. The second-order valence-electron chi connectivity index (χ2n) is 6.30. The molecule has 30 heavy (non-hydrogen) atoms. The van der Waals surface area contributed by atoms with Crippen LogP contribution in [0.3, 0.4) is 0 Å². The summed E-state index contributed by atoms with van der Waals surface area (Å²) >= 11 is 5.82. The lowest BCUT2D eigenvalue weighted by Crippen LogP contribution is -2.05. The molecule has 3 aromatic carbocycles. The van der Waals surface area contributed by atoms with E-state index in [0.29, 0.717) is 28.8 Å². The van der Waals surface area contributed by atoms with Crippen molar-refractivity contribution in [2.75, 3.05) is 16.4 Å². The van der Waals surface area contributed by atoms with E-state index in [0.717, 1.165) is 11.4 Å². The third-order valence-electron chi connectivity index (χ3n) is 4.16. The maximum Gasteiger partial charge on any atom is 0.159 e. The van der Waals surface area contributed by atoms with Crippen molar-refractivity contribution in [3.8, 4) is 11.5 Å². The monoisotopic (exact) mass is 421 g/mol. The molecule has 4 aromatic rings. The molecule has 4 rings (SSSR count). The van der Waals surface area contributed by atoms with Crippen molar-refractivity contribution in [3.63, 3.8) is 0 Å². The minimum absolute atomic E-state index is 0.00351. The van der Waals surface area contributed by atoms with Crippen LogP contribution in [0.1, 0.15) is 0 Å². The normalized spacial score (nSPS) is 10.5. The van der Waals surface area contributed by atoms with Gasteiger partial charge in [-0.2, -0.15) is 0 Å². The Balaban J connectivity index is 1.48. The Hall–Kier alpha value is -3.84. The predicted octanol–water partition coefficient (Wildman–Crippen LogP) is 6.13. The highest BCUT2D eigenvalue weighted by Crippen LogP contribution is 2.30. The first-order chi connectivity index (χ1) is 14.6. The number of nitrogens with zero attached hydrogens (tertiary/aromatic N) is 2. The van der Waals surface area contributed by atoms with Crippen LogP contribution in [0.2, 0.25) is 5.02 Å². The van der Waals surface area contributed by atoms with E-state index in [2.05, 4.69) is 20.6 Å². The highest BCUT2D eigenvalue weighted by molar-refractivity contribution is 6.31. The first kappa shape index (κ1) is 19.5. The fourth-order valence-corrected chi connectivity index (χ4v) is 2.85. The predicted molar refractivity (Wildman–Crippen MR) is 117 cm³/mol. The molecular weight excluding hydrogens is 405 g/mol. The zero-order valence-electron chi connectivity index (χ0n) is 15.6. The molecule has 0 amide bonds. The van der Waals surface area contributed by atoms with Gasteiger partial charge in [0.25, 0.3) is 0 Å². The lowest BCUT2D eigenvalue weighted by molar-refractivity contribution is 0.483. The molecule has 0 aliphatic heterocycles. The van der Waals surface area contributed by atoms with Crippen molar-refractivity contribution in [2.45, 2.75) is 0 Å². The van der Waals surface area contributed by atoms with Crippen LogP contribution in [-0.2, 0) is 0 Å². The van der Waals surface area contributed by atoms with Crippen molar-refractivity contribution >= 4 is 40.3 Å². The number of hydrogen-bond acceptors (Lipinski definition) is 6. The maximum absolute atomic E-state index is 13.3. The molecule has 0 radical (unpaired) electrons. The van der Waals surface area contributed by atoms with E-state index in [9.17, 15) is 4.39 Å². The lowest BCUT2D eigenvalue weighted by atomic mass is 10.3. The van der Waals surface area contributed by atoms with E-state index in [-0.39, 0.29) is 5.02 Å². The standard InChI is InChI=1S/C22H17ClFN5O/c23-18-12-15(8-11-19(18)24)29-22-20(25)21(26-13-27-22)28-14-6-9-17(10-7-14)30-16-4-2-1-3-5-16/h1-13H,25H2,(H2,26,27,28,29). The van der Waals surface area contributed by atoms with Crippen LogP contribution < -0.4 is 21.1 Å². The van der Waals surface area contributed by atoms with Crippen molar-refractivity contribution in [3.05, 3.63) is 90.0 Å².